The summed E-state index contributed by atoms with van der Waals surface area (Å²) in [4.78, 5) is 0. The van der Waals surface area contributed by atoms with E-state index in [9.17, 15) is 0 Å². The largest absolute Gasteiger partial charge is 0.309 e. The van der Waals surface area contributed by atoms with Crippen LogP contribution in [-0.2, 0) is 0 Å². The standard InChI is InChI=1S/C10H12ClNS/c11-9-7(2-5-13-9)8-10(6-12-8)3-1-4-10/h2,5,8,12H,1,3-4,6H2. The van der Waals surface area contributed by atoms with Gasteiger partial charge < -0.3 is 5.32 Å². The van der Waals surface area contributed by atoms with Crippen molar-refractivity contribution in [2.45, 2.75) is 25.3 Å². The molecule has 3 heteroatoms. The van der Waals surface area contributed by atoms with Gasteiger partial charge in [0.15, 0.2) is 0 Å². The number of hydrogen-bond donors (Lipinski definition) is 1. The van der Waals surface area contributed by atoms with Crippen molar-refractivity contribution in [3.05, 3.63) is 21.3 Å². The monoisotopic (exact) mass is 213 g/mol. The van der Waals surface area contributed by atoms with Crippen molar-refractivity contribution >= 4 is 22.9 Å². The molecule has 0 bridgehead atoms. The first kappa shape index (κ1) is 8.27. The predicted molar refractivity (Wildman–Crippen MR) is 56.4 cm³/mol. The van der Waals surface area contributed by atoms with Crippen LogP contribution in [0.3, 0.4) is 0 Å². The average molecular weight is 214 g/mol. The Labute approximate surface area is 87.1 Å². The molecule has 1 unspecified atom stereocenters. The van der Waals surface area contributed by atoms with Crippen molar-refractivity contribution in [3.63, 3.8) is 0 Å². The van der Waals surface area contributed by atoms with Crippen molar-refractivity contribution in [1.82, 2.24) is 5.32 Å². The van der Waals surface area contributed by atoms with Crippen molar-refractivity contribution in [1.29, 1.82) is 0 Å². The number of thiophene rings is 1. The van der Waals surface area contributed by atoms with Crippen LogP contribution in [0.25, 0.3) is 0 Å². The molecule has 1 nitrogen and oxygen atoms in total. The Morgan fingerprint density at radius 2 is 2.38 bits per heavy atom. The second-order valence-corrected chi connectivity index (χ2v) is 5.70. The second-order valence-electron chi connectivity index (χ2n) is 4.18. The van der Waals surface area contributed by atoms with Gasteiger partial charge in [-0.25, -0.2) is 0 Å². The maximum absolute atomic E-state index is 6.13. The van der Waals surface area contributed by atoms with E-state index in [-0.39, 0.29) is 0 Å². The summed E-state index contributed by atoms with van der Waals surface area (Å²) in [6.45, 7) is 1.20. The van der Waals surface area contributed by atoms with E-state index in [2.05, 4.69) is 16.8 Å². The molecule has 1 aliphatic carbocycles. The fourth-order valence-electron chi connectivity index (χ4n) is 2.54. The first-order valence-electron chi connectivity index (χ1n) is 4.78. The summed E-state index contributed by atoms with van der Waals surface area (Å²) in [6.07, 6.45) is 4.17. The summed E-state index contributed by atoms with van der Waals surface area (Å²) >= 11 is 7.78. The van der Waals surface area contributed by atoms with Crippen LogP contribution in [0.1, 0.15) is 30.9 Å². The molecule has 3 rings (SSSR count). The molecule has 0 aromatic carbocycles. The topological polar surface area (TPSA) is 12.0 Å². The lowest BCUT2D eigenvalue weighted by Gasteiger charge is -2.56. The van der Waals surface area contributed by atoms with Crippen molar-refractivity contribution < 1.29 is 0 Å². The highest BCUT2D eigenvalue weighted by atomic mass is 35.5. The lowest BCUT2D eigenvalue weighted by molar-refractivity contribution is -0.00539. The third-order valence-electron chi connectivity index (χ3n) is 3.58. The highest BCUT2D eigenvalue weighted by Gasteiger charge is 2.51. The van der Waals surface area contributed by atoms with Crippen LogP contribution in [0.15, 0.2) is 11.4 Å². The van der Waals surface area contributed by atoms with E-state index in [1.54, 1.807) is 11.3 Å². The molecule has 1 N–H and O–H groups in total. The van der Waals surface area contributed by atoms with Gasteiger partial charge in [-0.15, -0.1) is 11.3 Å². The molecule has 2 aliphatic rings. The summed E-state index contributed by atoms with van der Waals surface area (Å²) in [5.41, 5.74) is 1.92. The molecule has 1 aromatic rings. The third kappa shape index (κ3) is 1.03. The molecule has 0 amide bonds. The maximum atomic E-state index is 6.13. The Bertz CT molecular complexity index is 324. The Balaban J connectivity index is 1.90. The highest BCUT2D eigenvalue weighted by Crippen LogP contribution is 2.56. The van der Waals surface area contributed by atoms with Gasteiger partial charge in [0, 0.05) is 18.0 Å². The van der Waals surface area contributed by atoms with Crippen molar-refractivity contribution in [2.24, 2.45) is 5.41 Å². The zero-order valence-electron chi connectivity index (χ0n) is 7.35. The fourth-order valence-corrected chi connectivity index (χ4v) is 3.52. The normalized spacial score (nSPS) is 29.8. The zero-order chi connectivity index (χ0) is 8.89. The van der Waals surface area contributed by atoms with Crippen LogP contribution in [0.2, 0.25) is 4.34 Å². The van der Waals surface area contributed by atoms with Crippen LogP contribution < -0.4 is 5.32 Å². The Morgan fingerprint density at radius 1 is 1.54 bits per heavy atom. The summed E-state index contributed by atoms with van der Waals surface area (Å²) in [5, 5.41) is 5.59. The van der Waals surface area contributed by atoms with E-state index in [1.165, 1.54) is 31.4 Å². The molecule has 1 atom stereocenters. The smallest absolute Gasteiger partial charge is 0.0976 e. The Morgan fingerprint density at radius 3 is 2.77 bits per heavy atom. The molecule has 1 spiro atoms. The van der Waals surface area contributed by atoms with E-state index in [4.69, 9.17) is 11.6 Å². The lowest BCUT2D eigenvalue weighted by atomic mass is 9.58. The van der Waals surface area contributed by atoms with Crippen LogP contribution in [0, 0.1) is 5.41 Å². The summed E-state index contributed by atoms with van der Waals surface area (Å²) < 4.78 is 0.975. The van der Waals surface area contributed by atoms with Gasteiger partial charge in [0.1, 0.15) is 0 Å². The number of nitrogens with one attached hydrogen (secondary N) is 1. The van der Waals surface area contributed by atoms with E-state index in [1.807, 2.05) is 0 Å². The minimum absolute atomic E-state index is 0.556. The lowest BCUT2D eigenvalue weighted by Crippen LogP contribution is -2.59. The van der Waals surface area contributed by atoms with Gasteiger partial charge >= 0.3 is 0 Å². The fraction of sp³-hybridized carbons (Fsp3) is 0.600. The molecule has 1 saturated carbocycles. The number of rotatable bonds is 1. The number of halogens is 1. The summed E-state index contributed by atoms with van der Waals surface area (Å²) in [5.74, 6) is 0. The van der Waals surface area contributed by atoms with E-state index < -0.39 is 0 Å². The molecule has 0 radical (unpaired) electrons. The molecule has 70 valence electrons. The van der Waals surface area contributed by atoms with Gasteiger partial charge in [-0.05, 0) is 29.9 Å². The van der Waals surface area contributed by atoms with E-state index >= 15 is 0 Å². The van der Waals surface area contributed by atoms with E-state index in [0.717, 1.165) is 4.34 Å². The second kappa shape index (κ2) is 2.72. The molecular formula is C10H12ClNS. The zero-order valence-corrected chi connectivity index (χ0v) is 8.92. The van der Waals surface area contributed by atoms with Gasteiger partial charge in [-0.3, -0.25) is 0 Å². The van der Waals surface area contributed by atoms with Gasteiger partial charge in [-0.1, -0.05) is 18.0 Å². The van der Waals surface area contributed by atoms with Crippen LogP contribution in [0.5, 0.6) is 0 Å². The number of hydrogen-bond acceptors (Lipinski definition) is 2. The van der Waals surface area contributed by atoms with Crippen LogP contribution in [-0.4, -0.2) is 6.54 Å². The quantitative estimate of drug-likeness (QED) is 0.756. The Kier molecular flexibility index (Phi) is 1.73. The first-order chi connectivity index (χ1) is 6.32. The van der Waals surface area contributed by atoms with Crippen LogP contribution >= 0.6 is 22.9 Å². The molecule has 1 saturated heterocycles. The molecule has 1 aromatic heterocycles. The van der Waals surface area contributed by atoms with E-state index in [0.29, 0.717) is 11.5 Å². The van der Waals surface area contributed by atoms with Crippen molar-refractivity contribution in [2.75, 3.05) is 6.54 Å². The third-order valence-corrected chi connectivity index (χ3v) is 4.78. The summed E-state index contributed by atoms with van der Waals surface area (Å²) in [7, 11) is 0. The van der Waals surface area contributed by atoms with Crippen molar-refractivity contribution in [3.8, 4) is 0 Å². The summed E-state index contributed by atoms with van der Waals surface area (Å²) in [6, 6.07) is 2.73. The van der Waals surface area contributed by atoms with Gasteiger partial charge in [0.2, 0.25) is 0 Å². The molecule has 2 fully saturated rings. The van der Waals surface area contributed by atoms with Gasteiger partial charge in [0.25, 0.3) is 0 Å². The van der Waals surface area contributed by atoms with Crippen LogP contribution in [0.4, 0.5) is 0 Å². The minimum Gasteiger partial charge on any atom is -0.309 e. The van der Waals surface area contributed by atoms with Gasteiger partial charge in [0.05, 0.1) is 4.34 Å². The Hall–Kier alpha value is -0.0500. The molecule has 13 heavy (non-hydrogen) atoms. The average Bonchev–Trinajstić information content (AvgIpc) is 2.31. The molecule has 2 heterocycles. The predicted octanol–water partition coefficient (Wildman–Crippen LogP) is 3.22. The minimum atomic E-state index is 0.556. The molecular weight excluding hydrogens is 202 g/mol. The SMILES string of the molecule is Clc1sccc1C1NCC12CCC2. The highest BCUT2D eigenvalue weighted by molar-refractivity contribution is 7.14. The van der Waals surface area contributed by atoms with Gasteiger partial charge in [-0.2, -0.15) is 0 Å². The first-order valence-corrected chi connectivity index (χ1v) is 6.04. The molecule has 1 aliphatic heterocycles. The maximum Gasteiger partial charge on any atom is 0.0976 e.